The van der Waals surface area contributed by atoms with Crippen molar-refractivity contribution in [3.8, 4) is 11.1 Å². The van der Waals surface area contributed by atoms with Gasteiger partial charge in [-0.05, 0) is 43.8 Å². The van der Waals surface area contributed by atoms with Gasteiger partial charge in [-0.25, -0.2) is 30.8 Å². The van der Waals surface area contributed by atoms with Crippen molar-refractivity contribution in [2.45, 2.75) is 13.0 Å². The van der Waals surface area contributed by atoms with Crippen LogP contribution < -0.4 is 38.0 Å². The topological polar surface area (TPSA) is 101 Å². The molecule has 0 fully saturated rings. The Morgan fingerprint density at radius 3 is 2.16 bits per heavy atom. The Labute approximate surface area is 200 Å². The van der Waals surface area contributed by atoms with Crippen LogP contribution in [0.2, 0.25) is 0 Å². The van der Waals surface area contributed by atoms with E-state index in [0.29, 0.717) is 13.0 Å². The third kappa shape index (κ3) is 6.48. The lowest BCUT2D eigenvalue weighted by Gasteiger charge is -2.07. The number of nitrogens with one attached hydrogen (secondary N) is 2. The maximum Gasteiger partial charge on any atom is 0.213 e. The second-order valence-electron chi connectivity index (χ2n) is 7.14. The maximum absolute atomic E-state index is 11.9. The molecule has 0 saturated carbocycles. The minimum Gasteiger partial charge on any atom is -1.00 e. The highest BCUT2D eigenvalue weighted by molar-refractivity contribution is 7.89. The fourth-order valence-corrected chi connectivity index (χ4v) is 4.62. The van der Waals surface area contributed by atoms with Crippen LogP contribution in [-0.2, 0) is 40.1 Å². The Morgan fingerprint density at radius 1 is 0.935 bits per heavy atom. The highest BCUT2D eigenvalue weighted by atomic mass is 127. The predicted octanol–water partition coefficient (Wildman–Crippen LogP) is -2.22. The summed E-state index contributed by atoms with van der Waals surface area (Å²) in [7, 11) is -1.87. The molecule has 3 rings (SSSR count). The molecule has 2 N–H and O–H groups in total. The molecule has 0 saturated heterocycles. The molecule has 0 unspecified atom stereocenters. The second-order valence-corrected chi connectivity index (χ2v) is 11.2. The predicted molar refractivity (Wildman–Crippen MR) is 118 cm³/mol. The molecule has 11 heteroatoms. The van der Waals surface area contributed by atoms with Gasteiger partial charge in [0.15, 0.2) is 12.4 Å². The number of rotatable bonds is 9. The summed E-state index contributed by atoms with van der Waals surface area (Å²) in [6.45, 7) is 0.313. The molecule has 1 aromatic carbocycles. The lowest BCUT2D eigenvalue weighted by Crippen LogP contribution is -3.00. The Bertz CT molecular complexity index is 1250. The zero-order valence-corrected chi connectivity index (χ0v) is 21.5. The molecule has 170 valence electrons. The number of sulfonamides is 2. The molecule has 0 aliphatic rings. The molecule has 0 radical (unpaired) electrons. The second kappa shape index (κ2) is 10.4. The highest BCUT2D eigenvalue weighted by Gasteiger charge is 2.15. The molecular weight excluding hydrogens is 551 g/mol. The number of aromatic nitrogens is 2. The summed E-state index contributed by atoms with van der Waals surface area (Å²) in [6.07, 6.45) is 6.25. The van der Waals surface area contributed by atoms with Crippen LogP contribution in [0, 0.1) is 0 Å². The van der Waals surface area contributed by atoms with Crippen LogP contribution in [-0.4, -0.2) is 47.0 Å². The molecule has 0 spiro atoms. The molecule has 0 bridgehead atoms. The monoisotopic (exact) mass is 578 g/mol. The van der Waals surface area contributed by atoms with Crippen molar-refractivity contribution in [2.24, 2.45) is 7.05 Å². The van der Waals surface area contributed by atoms with Crippen molar-refractivity contribution in [1.82, 2.24) is 14.0 Å². The summed E-state index contributed by atoms with van der Waals surface area (Å²) in [5.74, 6) is -0.0226. The fraction of sp³-hybridized carbons (Fsp3) is 0.350. The smallest absolute Gasteiger partial charge is 0.213 e. The Kier molecular flexibility index (Phi) is 8.62. The van der Waals surface area contributed by atoms with E-state index in [-0.39, 0.29) is 35.5 Å². The van der Waals surface area contributed by atoms with Crippen molar-refractivity contribution >= 4 is 30.9 Å². The van der Waals surface area contributed by atoms with E-state index in [4.69, 9.17) is 0 Å². The molecule has 3 aromatic rings. The molecule has 0 aliphatic heterocycles. The first-order chi connectivity index (χ1) is 14.1. The van der Waals surface area contributed by atoms with Crippen LogP contribution in [0.5, 0.6) is 0 Å². The summed E-state index contributed by atoms with van der Waals surface area (Å²) in [5, 5.41) is 0.963. The standard InChI is InChI=1S/C20H27N4O4S2.HI/c1-21-29(25,26)12-8-16-4-5-20-18(14-16)19(17-6-9-23(3)10-7-17)15-24(20)11-13-30(27,28)22-2;/h4-7,9-10,14-15,21-22H,8,11-13H2,1-3H3;1H/q+1;/p-1. The van der Waals surface area contributed by atoms with Crippen molar-refractivity contribution < 1.29 is 45.4 Å². The van der Waals surface area contributed by atoms with Gasteiger partial charge in [-0.15, -0.1) is 0 Å². The molecule has 8 nitrogen and oxygen atoms in total. The number of hydrogen-bond donors (Lipinski definition) is 2. The van der Waals surface area contributed by atoms with Gasteiger partial charge in [0.05, 0.1) is 11.5 Å². The molecular formula is C20H27IN4O4S2. The van der Waals surface area contributed by atoms with E-state index in [1.807, 2.05) is 65.1 Å². The van der Waals surface area contributed by atoms with Crippen molar-refractivity contribution in [3.05, 3.63) is 54.5 Å². The van der Waals surface area contributed by atoms with Crippen LogP contribution in [0.25, 0.3) is 22.0 Å². The zero-order chi connectivity index (χ0) is 21.9. The number of fused-ring (bicyclic) bond motifs is 1. The van der Waals surface area contributed by atoms with Crippen LogP contribution in [0.3, 0.4) is 0 Å². The first kappa shape index (κ1) is 25.7. The molecule has 2 aromatic heterocycles. The van der Waals surface area contributed by atoms with Gasteiger partial charge in [0, 0.05) is 41.3 Å². The number of halogens is 1. The van der Waals surface area contributed by atoms with Gasteiger partial charge in [-0.3, -0.25) is 0 Å². The fourth-order valence-electron chi connectivity index (χ4n) is 3.27. The van der Waals surface area contributed by atoms with Crippen molar-refractivity contribution in [2.75, 3.05) is 25.6 Å². The lowest BCUT2D eigenvalue weighted by atomic mass is 10.0. The minimum absolute atomic E-state index is 0. The van der Waals surface area contributed by atoms with Crippen LogP contribution in [0.15, 0.2) is 48.9 Å². The van der Waals surface area contributed by atoms with E-state index in [0.717, 1.165) is 27.6 Å². The van der Waals surface area contributed by atoms with E-state index in [9.17, 15) is 16.8 Å². The van der Waals surface area contributed by atoms with E-state index in [2.05, 4.69) is 9.44 Å². The van der Waals surface area contributed by atoms with Crippen molar-refractivity contribution in [1.29, 1.82) is 0 Å². The average Bonchev–Trinajstić information content (AvgIpc) is 3.09. The van der Waals surface area contributed by atoms with Crippen LogP contribution in [0.1, 0.15) is 5.56 Å². The lowest BCUT2D eigenvalue weighted by molar-refractivity contribution is -0.671. The third-order valence-electron chi connectivity index (χ3n) is 5.12. The molecule has 0 atom stereocenters. The first-order valence-corrected chi connectivity index (χ1v) is 12.8. The number of aryl methyl sites for hydroxylation is 3. The Balaban J connectivity index is 0.00000341. The minimum atomic E-state index is -3.33. The molecule has 2 heterocycles. The quantitative estimate of drug-likeness (QED) is 0.222. The van der Waals surface area contributed by atoms with Gasteiger partial charge >= 0.3 is 0 Å². The summed E-state index contributed by atoms with van der Waals surface area (Å²) in [5.41, 5.74) is 3.80. The Hall–Kier alpha value is -1.54. The van der Waals surface area contributed by atoms with Gasteiger partial charge in [0.1, 0.15) is 7.05 Å². The largest absolute Gasteiger partial charge is 1.00 e. The van der Waals surface area contributed by atoms with Gasteiger partial charge < -0.3 is 28.5 Å². The van der Waals surface area contributed by atoms with E-state index < -0.39 is 20.0 Å². The SMILES string of the molecule is CNS(=O)(=O)CCc1ccc2c(c1)c(-c1cc[n+](C)cc1)cn2CCS(=O)(=O)NC.[I-]. The molecule has 0 amide bonds. The van der Waals surface area contributed by atoms with Crippen LogP contribution in [0.4, 0.5) is 0 Å². The number of pyridine rings is 1. The summed E-state index contributed by atoms with van der Waals surface area (Å²) >= 11 is 0. The molecule has 0 aliphatic carbocycles. The summed E-state index contributed by atoms with van der Waals surface area (Å²) in [6, 6.07) is 9.82. The van der Waals surface area contributed by atoms with E-state index in [1.165, 1.54) is 14.1 Å². The number of benzene rings is 1. The average molecular weight is 578 g/mol. The highest BCUT2D eigenvalue weighted by Crippen LogP contribution is 2.31. The van der Waals surface area contributed by atoms with Gasteiger partial charge in [-0.2, -0.15) is 0 Å². The van der Waals surface area contributed by atoms with Crippen LogP contribution >= 0.6 is 0 Å². The van der Waals surface area contributed by atoms with Gasteiger partial charge in [0.25, 0.3) is 0 Å². The summed E-state index contributed by atoms with van der Waals surface area (Å²) in [4.78, 5) is 0. The van der Waals surface area contributed by atoms with Gasteiger partial charge in [-0.1, -0.05) is 6.07 Å². The van der Waals surface area contributed by atoms with E-state index in [1.54, 1.807) is 0 Å². The van der Waals surface area contributed by atoms with Gasteiger partial charge in [0.2, 0.25) is 20.0 Å². The molecule has 31 heavy (non-hydrogen) atoms. The maximum atomic E-state index is 11.9. The third-order valence-corrected chi connectivity index (χ3v) is 7.82. The summed E-state index contributed by atoms with van der Waals surface area (Å²) < 4.78 is 55.9. The zero-order valence-electron chi connectivity index (χ0n) is 17.7. The van der Waals surface area contributed by atoms with Crippen molar-refractivity contribution in [3.63, 3.8) is 0 Å². The van der Waals surface area contributed by atoms with E-state index >= 15 is 0 Å². The number of hydrogen-bond acceptors (Lipinski definition) is 4. The Morgan fingerprint density at radius 2 is 1.55 bits per heavy atom. The first-order valence-electron chi connectivity index (χ1n) is 9.54. The number of nitrogens with zero attached hydrogens (tertiary/aromatic N) is 2. The normalized spacial score (nSPS) is 12.1.